The van der Waals surface area contributed by atoms with E-state index in [0.29, 0.717) is 42.5 Å². The zero-order valence-electron chi connectivity index (χ0n) is 17.2. The molecule has 9 atom stereocenters. The highest BCUT2D eigenvalue weighted by molar-refractivity contribution is 5.93. The molecule has 28 heavy (non-hydrogen) atoms. The van der Waals surface area contributed by atoms with Gasteiger partial charge in [-0.2, -0.15) is 0 Å². The van der Waals surface area contributed by atoms with Crippen molar-refractivity contribution in [3.63, 3.8) is 0 Å². The van der Waals surface area contributed by atoms with Gasteiger partial charge < -0.3 is 9.84 Å². The van der Waals surface area contributed by atoms with Gasteiger partial charge in [0.2, 0.25) is 0 Å². The maximum atomic E-state index is 13.3. The van der Waals surface area contributed by atoms with E-state index in [0.717, 1.165) is 12.8 Å². The Morgan fingerprint density at radius 1 is 1.14 bits per heavy atom. The average Bonchev–Trinajstić information content (AvgIpc) is 3.23. The van der Waals surface area contributed by atoms with Crippen LogP contribution in [0.25, 0.3) is 0 Å². The van der Waals surface area contributed by atoms with Crippen molar-refractivity contribution in [1.82, 2.24) is 0 Å². The van der Waals surface area contributed by atoms with Gasteiger partial charge in [-0.05, 0) is 42.1 Å². The van der Waals surface area contributed by atoms with Crippen molar-refractivity contribution in [2.45, 2.75) is 58.8 Å². The lowest BCUT2D eigenvalue weighted by Crippen LogP contribution is -2.48. The van der Waals surface area contributed by atoms with E-state index in [4.69, 9.17) is 4.74 Å². The summed E-state index contributed by atoms with van der Waals surface area (Å²) in [7, 11) is 0. The van der Waals surface area contributed by atoms with Gasteiger partial charge in [0.1, 0.15) is 5.78 Å². The number of rotatable bonds is 3. The lowest BCUT2D eigenvalue weighted by molar-refractivity contribution is -0.132. The van der Waals surface area contributed by atoms with Crippen molar-refractivity contribution < 1.29 is 14.6 Å². The van der Waals surface area contributed by atoms with Crippen molar-refractivity contribution in [2.24, 2.45) is 40.9 Å². The zero-order chi connectivity index (χ0) is 19.6. The first-order valence-electron chi connectivity index (χ1n) is 11.0. The molecular weight excluding hydrogens is 348 g/mol. The van der Waals surface area contributed by atoms with E-state index in [-0.39, 0.29) is 24.0 Å². The average molecular weight is 381 g/mol. The largest absolute Gasteiger partial charge is 0.393 e. The number of ketones is 1. The van der Waals surface area contributed by atoms with Crippen LogP contribution >= 0.6 is 0 Å². The first-order chi connectivity index (χ1) is 13.4. The highest BCUT2D eigenvalue weighted by Crippen LogP contribution is 2.68. The minimum Gasteiger partial charge on any atom is -0.393 e. The van der Waals surface area contributed by atoms with Gasteiger partial charge in [-0.1, -0.05) is 62.8 Å². The van der Waals surface area contributed by atoms with E-state index >= 15 is 0 Å². The maximum absolute atomic E-state index is 13.3. The van der Waals surface area contributed by atoms with E-state index in [2.05, 4.69) is 51.1 Å². The molecule has 0 radical (unpaired) electrons. The van der Waals surface area contributed by atoms with Gasteiger partial charge in [0.15, 0.2) is 0 Å². The van der Waals surface area contributed by atoms with Crippen LogP contribution in [0.2, 0.25) is 0 Å². The summed E-state index contributed by atoms with van der Waals surface area (Å²) >= 11 is 0. The number of allylic oxidation sites excluding steroid dienone is 1. The lowest BCUT2D eigenvalue weighted by atomic mass is 9.56. The second-order valence-electron chi connectivity index (χ2n) is 9.95. The summed E-state index contributed by atoms with van der Waals surface area (Å²) in [6, 6.07) is 10.4. The summed E-state index contributed by atoms with van der Waals surface area (Å²) in [6.07, 6.45) is 4.66. The quantitative estimate of drug-likeness (QED) is 0.791. The highest BCUT2D eigenvalue weighted by Gasteiger charge is 2.69. The summed E-state index contributed by atoms with van der Waals surface area (Å²) in [4.78, 5) is 13.3. The third-order valence-corrected chi connectivity index (χ3v) is 8.50. The van der Waals surface area contributed by atoms with Crippen LogP contribution in [0.15, 0.2) is 42.0 Å². The predicted molar refractivity (Wildman–Crippen MR) is 108 cm³/mol. The molecule has 0 bridgehead atoms. The molecule has 0 aromatic heterocycles. The monoisotopic (exact) mass is 380 g/mol. The standard InChI is InChI=1S/C25H32O3/c1-14-10-22(27)25-16(3)11-20(26)24(25)23-15(2)9-21(18(23)12-19(14)25)28-13-17-7-5-4-6-8-17/h4-8,12,14-16,18,20-21,23-24,26H,9-11,13H2,1-3H3/t14-,15-,16-,18+,20+,21-,23-,24?,25-/m0/s1. The molecule has 5 rings (SSSR count). The Hall–Kier alpha value is -1.45. The molecule has 1 spiro atoms. The van der Waals surface area contributed by atoms with Gasteiger partial charge in [0.25, 0.3) is 0 Å². The predicted octanol–water partition coefficient (Wildman–Crippen LogP) is 4.40. The van der Waals surface area contributed by atoms with Gasteiger partial charge in [-0.15, -0.1) is 0 Å². The summed E-state index contributed by atoms with van der Waals surface area (Å²) in [5.41, 5.74) is 2.13. The molecule has 1 N–H and O–H groups in total. The van der Waals surface area contributed by atoms with Crippen LogP contribution in [0.1, 0.15) is 45.6 Å². The smallest absolute Gasteiger partial charge is 0.144 e. The van der Waals surface area contributed by atoms with Crippen LogP contribution in [-0.2, 0) is 16.1 Å². The van der Waals surface area contributed by atoms with Crippen molar-refractivity contribution in [3.8, 4) is 0 Å². The molecule has 4 aliphatic carbocycles. The molecule has 3 nitrogen and oxygen atoms in total. The number of Topliss-reactive ketones (excluding diaryl/α,β-unsaturated/α-hetero) is 1. The Morgan fingerprint density at radius 3 is 2.64 bits per heavy atom. The third-order valence-electron chi connectivity index (χ3n) is 8.50. The molecule has 4 aliphatic rings. The van der Waals surface area contributed by atoms with E-state index in [1.54, 1.807) is 0 Å². The number of carbonyl (C=O) groups is 1. The molecule has 1 unspecified atom stereocenters. The molecule has 0 saturated heterocycles. The fraction of sp³-hybridized carbons (Fsp3) is 0.640. The second-order valence-corrected chi connectivity index (χ2v) is 9.95. The summed E-state index contributed by atoms with van der Waals surface area (Å²) in [5.74, 6) is 2.14. The Kier molecular flexibility index (Phi) is 4.33. The van der Waals surface area contributed by atoms with Gasteiger partial charge >= 0.3 is 0 Å². The molecule has 3 heteroatoms. The van der Waals surface area contributed by atoms with Crippen LogP contribution in [0.3, 0.4) is 0 Å². The number of benzene rings is 1. The van der Waals surface area contributed by atoms with E-state index in [1.807, 2.05) is 6.07 Å². The molecule has 3 fully saturated rings. The van der Waals surface area contributed by atoms with Gasteiger partial charge in [-0.25, -0.2) is 0 Å². The number of ether oxygens (including phenoxy) is 1. The molecule has 0 aliphatic heterocycles. The fourth-order valence-corrected chi connectivity index (χ4v) is 7.54. The fourth-order valence-electron chi connectivity index (χ4n) is 7.54. The van der Waals surface area contributed by atoms with Crippen molar-refractivity contribution in [3.05, 3.63) is 47.5 Å². The van der Waals surface area contributed by atoms with Gasteiger partial charge in [0, 0.05) is 18.3 Å². The second kappa shape index (κ2) is 6.53. The normalized spacial score (nSPS) is 46.9. The zero-order valence-corrected chi connectivity index (χ0v) is 17.2. The minimum absolute atomic E-state index is 0.0743. The van der Waals surface area contributed by atoms with Crippen LogP contribution < -0.4 is 0 Å². The number of hydrogen-bond donors (Lipinski definition) is 1. The summed E-state index contributed by atoms with van der Waals surface area (Å²) < 4.78 is 6.44. The molecule has 150 valence electrons. The highest BCUT2D eigenvalue weighted by atomic mass is 16.5. The molecule has 3 saturated carbocycles. The number of fused-ring (bicyclic) bond motifs is 2. The Labute approximate surface area is 168 Å². The topological polar surface area (TPSA) is 46.5 Å². The van der Waals surface area contributed by atoms with Crippen molar-refractivity contribution >= 4 is 5.78 Å². The first-order valence-corrected chi connectivity index (χ1v) is 11.0. The van der Waals surface area contributed by atoms with E-state index in [9.17, 15) is 9.90 Å². The Balaban J connectivity index is 1.50. The number of aliphatic hydroxyl groups is 1. The van der Waals surface area contributed by atoms with Crippen LogP contribution in [0.4, 0.5) is 0 Å². The van der Waals surface area contributed by atoms with Crippen molar-refractivity contribution in [1.29, 1.82) is 0 Å². The molecule has 1 aromatic rings. The van der Waals surface area contributed by atoms with Gasteiger partial charge in [0.05, 0.1) is 24.2 Å². The van der Waals surface area contributed by atoms with E-state index < -0.39 is 5.41 Å². The Morgan fingerprint density at radius 2 is 1.89 bits per heavy atom. The number of hydrogen-bond acceptors (Lipinski definition) is 3. The van der Waals surface area contributed by atoms with Crippen LogP contribution in [-0.4, -0.2) is 23.1 Å². The molecule has 0 amide bonds. The van der Waals surface area contributed by atoms with Crippen LogP contribution in [0.5, 0.6) is 0 Å². The van der Waals surface area contributed by atoms with Crippen LogP contribution in [0, 0.1) is 40.9 Å². The SMILES string of the molecule is C[C@H]1CC(=O)[C@]23C1=C[C@H]1[C@@H](C2[C@H](O)C[C@@H]3C)[C@@H](C)C[C@@H]1OCc1ccccc1. The lowest BCUT2D eigenvalue weighted by Gasteiger charge is -2.47. The molecular formula is C25H32O3. The van der Waals surface area contributed by atoms with Gasteiger partial charge in [-0.3, -0.25) is 4.79 Å². The number of aliphatic hydroxyl groups excluding tert-OH is 1. The molecule has 0 heterocycles. The van der Waals surface area contributed by atoms with Crippen molar-refractivity contribution in [2.75, 3.05) is 0 Å². The summed E-state index contributed by atoms with van der Waals surface area (Å²) in [6.45, 7) is 7.32. The van der Waals surface area contributed by atoms with E-state index in [1.165, 1.54) is 11.1 Å². The number of carbonyl (C=O) groups excluding carboxylic acids is 1. The Bertz CT molecular complexity index is 799. The first kappa shape index (κ1) is 18.6. The minimum atomic E-state index is -0.400. The third kappa shape index (κ3) is 2.39. The maximum Gasteiger partial charge on any atom is 0.144 e. The molecule has 1 aromatic carbocycles. The summed E-state index contributed by atoms with van der Waals surface area (Å²) in [5, 5.41) is 11.1.